The van der Waals surface area contributed by atoms with Crippen LogP contribution in [0.2, 0.25) is 0 Å². The Morgan fingerprint density at radius 1 is 1.16 bits per heavy atom. The SMILES string of the molecule is CCCOC(=O)C(C)(C)N[P@@](=O)(CO[C@H](C)Cn1cnc2c(N)ncnc21)NCc1ccc(C(C)C)cc1. The van der Waals surface area contributed by atoms with Crippen LogP contribution in [-0.4, -0.2) is 50.1 Å². The van der Waals surface area contributed by atoms with Crippen molar-refractivity contribution in [2.24, 2.45) is 0 Å². The first-order valence-corrected chi connectivity index (χ1v) is 14.8. The summed E-state index contributed by atoms with van der Waals surface area (Å²) in [5.74, 6) is 0.252. The molecule has 2 atom stereocenters. The highest BCUT2D eigenvalue weighted by molar-refractivity contribution is 7.59. The Bertz CT molecular complexity index is 1260. The zero-order valence-corrected chi connectivity index (χ0v) is 24.0. The molecule has 0 saturated heterocycles. The van der Waals surface area contributed by atoms with Crippen molar-refractivity contribution in [2.45, 2.75) is 78.6 Å². The van der Waals surface area contributed by atoms with Gasteiger partial charge in [0.15, 0.2) is 11.5 Å². The first-order chi connectivity index (χ1) is 17.9. The second-order valence-corrected chi connectivity index (χ2v) is 12.6. The van der Waals surface area contributed by atoms with Gasteiger partial charge in [-0.3, -0.25) is 9.36 Å². The monoisotopic (exact) mass is 545 g/mol. The standard InChI is InChI=1S/C26H40N7O4P/c1-7-12-36-25(34)26(5,6)32-38(35,31-13-20-8-10-21(11-9-20)18(2)3)17-37-19(4)14-33-16-30-22-23(27)28-15-29-24(22)33/h8-11,15-16,18-19H,7,12-14,17H2,1-6H3,(H2,27,28,29)(H2,31,32,35)/t19-,38-/m1/s1. The number of nitrogens with one attached hydrogen (secondary N) is 2. The number of aromatic nitrogens is 4. The summed E-state index contributed by atoms with van der Waals surface area (Å²) in [7, 11) is -3.42. The number of carbonyl (C=O) groups is 1. The fourth-order valence-electron chi connectivity index (χ4n) is 3.82. The molecule has 1 aromatic carbocycles. The maximum atomic E-state index is 14.1. The van der Waals surface area contributed by atoms with Crippen LogP contribution in [0.4, 0.5) is 5.82 Å². The average Bonchev–Trinajstić information content (AvgIpc) is 3.28. The summed E-state index contributed by atoms with van der Waals surface area (Å²) >= 11 is 0. The van der Waals surface area contributed by atoms with E-state index in [4.69, 9.17) is 15.2 Å². The summed E-state index contributed by atoms with van der Waals surface area (Å²) in [5, 5.41) is 6.15. The Kier molecular flexibility index (Phi) is 10.0. The van der Waals surface area contributed by atoms with Crippen molar-refractivity contribution in [3.63, 3.8) is 0 Å². The molecule has 0 spiro atoms. The molecule has 0 saturated carbocycles. The van der Waals surface area contributed by atoms with E-state index in [-0.39, 0.29) is 12.5 Å². The predicted octanol–water partition coefficient (Wildman–Crippen LogP) is 4.20. The number of imidazole rings is 1. The Morgan fingerprint density at radius 3 is 2.53 bits per heavy atom. The van der Waals surface area contributed by atoms with Gasteiger partial charge in [0, 0.05) is 6.54 Å². The molecule has 2 aromatic heterocycles. The van der Waals surface area contributed by atoms with Gasteiger partial charge in [0.25, 0.3) is 0 Å². The van der Waals surface area contributed by atoms with Crippen LogP contribution >= 0.6 is 7.44 Å². The smallest absolute Gasteiger partial charge is 0.326 e. The number of rotatable bonds is 14. The molecule has 0 unspecified atom stereocenters. The van der Waals surface area contributed by atoms with E-state index in [2.05, 4.69) is 51.1 Å². The van der Waals surface area contributed by atoms with Gasteiger partial charge in [0.05, 0.1) is 25.6 Å². The quantitative estimate of drug-likeness (QED) is 0.199. The molecule has 0 aliphatic heterocycles. The molecule has 0 aliphatic carbocycles. The zero-order valence-electron chi connectivity index (χ0n) is 23.1. The number of nitrogens with zero attached hydrogens (tertiary/aromatic N) is 4. The third-order valence-corrected chi connectivity index (χ3v) is 8.12. The number of fused-ring (bicyclic) bond motifs is 1. The number of benzene rings is 1. The zero-order chi connectivity index (χ0) is 27.9. The van der Waals surface area contributed by atoms with Crippen molar-refractivity contribution in [3.8, 4) is 0 Å². The van der Waals surface area contributed by atoms with Crippen molar-refractivity contribution in [2.75, 3.05) is 18.7 Å². The van der Waals surface area contributed by atoms with E-state index >= 15 is 0 Å². The Balaban J connectivity index is 1.72. The van der Waals surface area contributed by atoms with Gasteiger partial charge >= 0.3 is 5.97 Å². The Morgan fingerprint density at radius 2 is 1.87 bits per heavy atom. The van der Waals surface area contributed by atoms with Crippen molar-refractivity contribution < 1.29 is 18.8 Å². The van der Waals surface area contributed by atoms with Crippen LogP contribution < -0.4 is 15.9 Å². The summed E-state index contributed by atoms with van der Waals surface area (Å²) in [4.78, 5) is 25.2. The summed E-state index contributed by atoms with van der Waals surface area (Å²) in [6.45, 7) is 12.4. The van der Waals surface area contributed by atoms with Gasteiger partial charge in [0.2, 0.25) is 7.44 Å². The van der Waals surface area contributed by atoms with E-state index in [1.54, 1.807) is 20.2 Å². The Labute approximate surface area is 224 Å². The fourth-order valence-corrected chi connectivity index (χ4v) is 5.96. The highest BCUT2D eigenvalue weighted by Crippen LogP contribution is 2.40. The van der Waals surface area contributed by atoms with Gasteiger partial charge in [0.1, 0.15) is 23.7 Å². The summed E-state index contributed by atoms with van der Waals surface area (Å²) < 4.78 is 27.3. The lowest BCUT2D eigenvalue weighted by Crippen LogP contribution is -2.48. The van der Waals surface area contributed by atoms with Gasteiger partial charge in [-0.25, -0.2) is 25.1 Å². The van der Waals surface area contributed by atoms with Crippen LogP contribution in [0.15, 0.2) is 36.9 Å². The summed E-state index contributed by atoms with van der Waals surface area (Å²) in [6.07, 6.45) is 3.22. The van der Waals surface area contributed by atoms with Crippen LogP contribution in [0.1, 0.15) is 65.0 Å². The van der Waals surface area contributed by atoms with E-state index in [1.165, 1.54) is 11.9 Å². The van der Waals surface area contributed by atoms with Crippen molar-refractivity contribution in [3.05, 3.63) is 48.0 Å². The largest absolute Gasteiger partial charge is 0.464 e. The number of esters is 1. The molecule has 0 bridgehead atoms. The van der Waals surface area contributed by atoms with Crippen molar-refractivity contribution in [1.29, 1.82) is 0 Å². The number of hydrogen-bond donors (Lipinski definition) is 3. The molecule has 0 aliphatic rings. The first-order valence-electron chi connectivity index (χ1n) is 12.9. The lowest BCUT2D eigenvalue weighted by atomic mass is 10.0. The molecular formula is C26H40N7O4P. The summed E-state index contributed by atoms with van der Waals surface area (Å²) in [5.41, 5.74) is 8.00. The van der Waals surface area contributed by atoms with Crippen LogP contribution in [-0.2, 0) is 31.9 Å². The van der Waals surface area contributed by atoms with Crippen LogP contribution in [0.5, 0.6) is 0 Å². The minimum Gasteiger partial charge on any atom is -0.464 e. The first kappa shape index (κ1) is 29.7. The second kappa shape index (κ2) is 12.8. The van der Waals surface area contributed by atoms with Gasteiger partial charge in [-0.1, -0.05) is 45.0 Å². The molecule has 0 amide bonds. The molecule has 11 nitrogen and oxygen atoms in total. The maximum Gasteiger partial charge on any atom is 0.326 e. The average molecular weight is 546 g/mol. The topological polar surface area (TPSA) is 146 Å². The summed E-state index contributed by atoms with van der Waals surface area (Å²) in [6, 6.07) is 8.15. The predicted molar refractivity (Wildman–Crippen MR) is 149 cm³/mol. The number of nitrogen functional groups attached to an aromatic ring is 1. The van der Waals surface area contributed by atoms with E-state index in [9.17, 15) is 9.36 Å². The lowest BCUT2D eigenvalue weighted by Gasteiger charge is -2.31. The highest BCUT2D eigenvalue weighted by atomic mass is 31.2. The molecular weight excluding hydrogens is 505 g/mol. The van der Waals surface area contributed by atoms with Gasteiger partial charge in [-0.2, -0.15) is 0 Å². The third-order valence-electron chi connectivity index (χ3n) is 6.02. The van der Waals surface area contributed by atoms with Crippen molar-refractivity contribution in [1.82, 2.24) is 29.7 Å². The molecule has 3 rings (SSSR count). The van der Waals surface area contributed by atoms with Crippen LogP contribution in [0.3, 0.4) is 0 Å². The molecule has 3 aromatic rings. The van der Waals surface area contributed by atoms with E-state index in [0.717, 1.165) is 5.56 Å². The number of nitrogens with two attached hydrogens (primary N) is 1. The number of ether oxygens (including phenoxy) is 2. The molecule has 2 heterocycles. The van der Waals surface area contributed by atoms with E-state index < -0.39 is 19.0 Å². The molecule has 12 heteroatoms. The van der Waals surface area contributed by atoms with Gasteiger partial charge in [-0.15, -0.1) is 0 Å². The third kappa shape index (κ3) is 7.83. The lowest BCUT2D eigenvalue weighted by molar-refractivity contribution is -0.149. The maximum absolute atomic E-state index is 14.1. The number of hydrogen-bond acceptors (Lipinski definition) is 8. The minimum atomic E-state index is -3.42. The van der Waals surface area contributed by atoms with Crippen LogP contribution in [0, 0.1) is 0 Å². The fraction of sp³-hybridized carbons (Fsp3) is 0.538. The molecule has 38 heavy (non-hydrogen) atoms. The van der Waals surface area contributed by atoms with Gasteiger partial charge < -0.3 is 19.8 Å². The number of anilines is 1. The molecule has 0 fully saturated rings. The van der Waals surface area contributed by atoms with Crippen LogP contribution in [0.25, 0.3) is 11.2 Å². The van der Waals surface area contributed by atoms with Crippen molar-refractivity contribution >= 4 is 30.4 Å². The highest BCUT2D eigenvalue weighted by Gasteiger charge is 2.37. The normalized spacial score (nSPS) is 14.5. The van der Waals surface area contributed by atoms with Gasteiger partial charge in [-0.05, 0) is 44.2 Å². The number of carbonyl (C=O) groups excluding carboxylic acids is 1. The molecule has 4 N–H and O–H groups in total. The minimum absolute atomic E-state index is 0.146. The molecule has 208 valence electrons. The van der Waals surface area contributed by atoms with E-state index in [1.807, 2.05) is 30.5 Å². The second-order valence-electron chi connectivity index (χ2n) is 10.3. The van der Waals surface area contributed by atoms with E-state index in [0.29, 0.717) is 49.0 Å². The molecule has 0 radical (unpaired) electrons. The Hall–Kier alpha value is -2.85.